The summed E-state index contributed by atoms with van der Waals surface area (Å²) in [4.78, 5) is 10.1. The maximum atomic E-state index is 5.06. The molecule has 0 saturated carbocycles. The lowest BCUT2D eigenvalue weighted by Crippen LogP contribution is -2.40. The summed E-state index contributed by atoms with van der Waals surface area (Å²) in [6, 6.07) is 8.85. The molecule has 31 heavy (non-hydrogen) atoms. The molecule has 2 unspecified atom stereocenters. The molecule has 3 heterocycles. The second kappa shape index (κ2) is 10.3. The Balaban J connectivity index is 1.43. The lowest BCUT2D eigenvalue weighted by atomic mass is 9.99. The highest BCUT2D eigenvalue weighted by atomic mass is 15.3. The number of piperidine rings is 1. The minimum atomic E-state index is 0.533. The predicted molar refractivity (Wildman–Crippen MR) is 127 cm³/mol. The maximum Gasteiger partial charge on any atom is 0.194 e. The van der Waals surface area contributed by atoms with E-state index in [4.69, 9.17) is 4.99 Å². The quantitative estimate of drug-likeness (QED) is 0.571. The molecule has 0 radical (unpaired) electrons. The summed E-state index contributed by atoms with van der Waals surface area (Å²) < 4.78 is 1.90. The Kier molecular flexibility index (Phi) is 7.28. The van der Waals surface area contributed by atoms with Gasteiger partial charge in [-0.1, -0.05) is 31.2 Å². The highest BCUT2D eigenvalue weighted by Gasteiger charge is 2.27. The molecule has 2 aromatic rings. The Hall–Kier alpha value is -2.34. The van der Waals surface area contributed by atoms with Gasteiger partial charge in [-0.2, -0.15) is 5.10 Å². The number of guanidine groups is 1. The second-order valence-corrected chi connectivity index (χ2v) is 9.30. The molecule has 2 aliphatic heterocycles. The Morgan fingerprint density at radius 2 is 2.00 bits per heavy atom. The zero-order valence-corrected chi connectivity index (χ0v) is 19.4. The van der Waals surface area contributed by atoms with Gasteiger partial charge in [0.15, 0.2) is 5.96 Å². The fourth-order valence-electron chi connectivity index (χ4n) is 5.00. The molecule has 0 aliphatic carbocycles. The first-order chi connectivity index (χ1) is 15.1. The molecule has 1 N–H and O–H groups in total. The fourth-order valence-corrected chi connectivity index (χ4v) is 5.00. The van der Waals surface area contributed by atoms with Crippen LogP contribution in [0.1, 0.15) is 55.7 Å². The molecule has 0 spiro atoms. The van der Waals surface area contributed by atoms with Crippen molar-refractivity contribution in [3.8, 4) is 0 Å². The molecule has 6 nitrogen and oxygen atoms in total. The van der Waals surface area contributed by atoms with Crippen LogP contribution in [-0.4, -0.2) is 58.3 Å². The Morgan fingerprint density at radius 3 is 2.74 bits per heavy atom. The van der Waals surface area contributed by atoms with E-state index in [-0.39, 0.29) is 0 Å². The van der Waals surface area contributed by atoms with E-state index < -0.39 is 0 Å². The molecule has 1 aromatic heterocycles. The second-order valence-electron chi connectivity index (χ2n) is 9.30. The Labute approximate surface area is 187 Å². The predicted octanol–water partition coefficient (Wildman–Crippen LogP) is 3.61. The highest BCUT2D eigenvalue weighted by Crippen LogP contribution is 2.27. The van der Waals surface area contributed by atoms with Crippen LogP contribution in [0.5, 0.6) is 0 Å². The van der Waals surface area contributed by atoms with Gasteiger partial charge in [-0.05, 0) is 55.3 Å². The van der Waals surface area contributed by atoms with Crippen molar-refractivity contribution in [2.75, 3.05) is 32.7 Å². The third-order valence-corrected chi connectivity index (χ3v) is 6.67. The average molecular weight is 423 g/mol. The molecular formula is C25H38N6. The number of nitrogens with one attached hydrogen (secondary N) is 1. The number of aliphatic imine (C=N–C) groups is 1. The highest BCUT2D eigenvalue weighted by molar-refractivity contribution is 5.80. The van der Waals surface area contributed by atoms with Gasteiger partial charge in [0.1, 0.15) is 0 Å². The van der Waals surface area contributed by atoms with Crippen LogP contribution in [0.25, 0.3) is 0 Å². The molecule has 2 fully saturated rings. The van der Waals surface area contributed by atoms with Gasteiger partial charge in [0.05, 0.1) is 12.7 Å². The monoisotopic (exact) mass is 422 g/mol. The van der Waals surface area contributed by atoms with Crippen molar-refractivity contribution in [3.05, 3.63) is 53.3 Å². The molecular weight excluding hydrogens is 384 g/mol. The van der Waals surface area contributed by atoms with E-state index in [1.54, 1.807) is 0 Å². The van der Waals surface area contributed by atoms with E-state index in [0.29, 0.717) is 5.92 Å². The van der Waals surface area contributed by atoms with Crippen molar-refractivity contribution in [2.24, 2.45) is 18.0 Å². The molecule has 4 rings (SSSR count). The number of nitrogens with zero attached hydrogens (tertiary/aromatic N) is 5. The largest absolute Gasteiger partial charge is 0.357 e. The summed E-state index contributed by atoms with van der Waals surface area (Å²) in [5, 5.41) is 7.88. The van der Waals surface area contributed by atoms with E-state index in [9.17, 15) is 0 Å². The standard InChI is InChI=1S/C25H38N6/c1-4-26-25(31-13-11-23(19-31)24-15-28-29(3)17-24)27-14-21-9-5-6-10-22(21)18-30-12-7-8-20(2)16-30/h5-6,9-10,15,17,20,23H,4,7-8,11-14,16,18-19H2,1-3H3,(H,26,27). The summed E-state index contributed by atoms with van der Waals surface area (Å²) in [6.45, 7) is 11.7. The SMILES string of the molecule is CCNC(=NCc1ccccc1CN1CCCC(C)C1)N1CCC(c2cnn(C)c2)C1. The van der Waals surface area contributed by atoms with Crippen molar-refractivity contribution in [3.63, 3.8) is 0 Å². The average Bonchev–Trinajstić information content (AvgIpc) is 3.41. The van der Waals surface area contributed by atoms with Crippen LogP contribution in [0.3, 0.4) is 0 Å². The third kappa shape index (κ3) is 5.67. The van der Waals surface area contributed by atoms with E-state index in [2.05, 4.69) is 64.5 Å². The number of hydrogen-bond donors (Lipinski definition) is 1. The van der Waals surface area contributed by atoms with Gasteiger partial charge >= 0.3 is 0 Å². The maximum absolute atomic E-state index is 5.06. The Bertz CT molecular complexity index is 872. The zero-order valence-electron chi connectivity index (χ0n) is 19.4. The van der Waals surface area contributed by atoms with Gasteiger partial charge in [0.2, 0.25) is 0 Å². The fraction of sp³-hybridized carbons (Fsp3) is 0.600. The molecule has 168 valence electrons. The number of aryl methyl sites for hydroxylation is 1. The van der Waals surface area contributed by atoms with Gasteiger partial charge in [0, 0.05) is 51.9 Å². The van der Waals surface area contributed by atoms with E-state index in [1.807, 2.05) is 17.9 Å². The van der Waals surface area contributed by atoms with Gasteiger partial charge in [-0.3, -0.25) is 9.58 Å². The normalized spacial score (nSPS) is 22.8. The molecule has 2 atom stereocenters. The lowest BCUT2D eigenvalue weighted by molar-refractivity contribution is 0.176. The minimum Gasteiger partial charge on any atom is -0.357 e. The minimum absolute atomic E-state index is 0.533. The molecule has 1 aromatic carbocycles. The first-order valence-electron chi connectivity index (χ1n) is 11.9. The Morgan fingerprint density at radius 1 is 1.16 bits per heavy atom. The summed E-state index contributed by atoms with van der Waals surface area (Å²) in [7, 11) is 1.99. The molecule has 6 heteroatoms. The van der Waals surface area contributed by atoms with Crippen molar-refractivity contribution < 1.29 is 0 Å². The number of benzene rings is 1. The van der Waals surface area contributed by atoms with E-state index >= 15 is 0 Å². The van der Waals surface area contributed by atoms with Gasteiger partial charge in [-0.25, -0.2) is 4.99 Å². The topological polar surface area (TPSA) is 48.7 Å². The summed E-state index contributed by atoms with van der Waals surface area (Å²) >= 11 is 0. The lowest BCUT2D eigenvalue weighted by Gasteiger charge is -2.31. The smallest absolute Gasteiger partial charge is 0.194 e. The molecule has 2 aliphatic rings. The summed E-state index contributed by atoms with van der Waals surface area (Å²) in [5.41, 5.74) is 4.10. The van der Waals surface area contributed by atoms with Crippen molar-refractivity contribution in [2.45, 2.75) is 52.1 Å². The van der Waals surface area contributed by atoms with E-state index in [0.717, 1.165) is 51.0 Å². The molecule has 0 amide bonds. The number of aromatic nitrogens is 2. The molecule has 2 saturated heterocycles. The molecule has 0 bridgehead atoms. The van der Waals surface area contributed by atoms with Crippen molar-refractivity contribution in [1.29, 1.82) is 0 Å². The van der Waals surface area contributed by atoms with Gasteiger partial charge < -0.3 is 10.2 Å². The first kappa shape index (κ1) is 21.9. The number of rotatable bonds is 6. The van der Waals surface area contributed by atoms with Crippen molar-refractivity contribution >= 4 is 5.96 Å². The summed E-state index contributed by atoms with van der Waals surface area (Å²) in [5.74, 6) is 2.38. The number of hydrogen-bond acceptors (Lipinski definition) is 3. The van der Waals surface area contributed by atoms with Gasteiger partial charge in [-0.15, -0.1) is 0 Å². The third-order valence-electron chi connectivity index (χ3n) is 6.67. The van der Waals surface area contributed by atoms with Gasteiger partial charge in [0.25, 0.3) is 0 Å². The van der Waals surface area contributed by atoms with E-state index in [1.165, 1.54) is 42.6 Å². The van der Waals surface area contributed by atoms with Crippen LogP contribution < -0.4 is 5.32 Å². The zero-order chi connectivity index (χ0) is 21.6. The van der Waals surface area contributed by atoms with Crippen LogP contribution >= 0.6 is 0 Å². The van der Waals surface area contributed by atoms with Crippen molar-refractivity contribution in [1.82, 2.24) is 24.9 Å². The van der Waals surface area contributed by atoms with Crippen LogP contribution in [0.2, 0.25) is 0 Å². The van der Waals surface area contributed by atoms with Crippen LogP contribution in [0.15, 0.2) is 41.7 Å². The van der Waals surface area contributed by atoms with Crippen LogP contribution in [0, 0.1) is 5.92 Å². The summed E-state index contributed by atoms with van der Waals surface area (Å²) in [6.07, 6.45) is 8.00. The number of likely N-dealkylation sites (tertiary alicyclic amines) is 2. The van der Waals surface area contributed by atoms with Crippen LogP contribution in [-0.2, 0) is 20.1 Å². The first-order valence-corrected chi connectivity index (χ1v) is 11.9. The van der Waals surface area contributed by atoms with Crippen LogP contribution in [0.4, 0.5) is 0 Å².